The Hall–Kier alpha value is -2.43. The van der Waals surface area contributed by atoms with Crippen molar-refractivity contribution in [3.8, 4) is 5.69 Å². The maximum atomic E-state index is 14.0. The summed E-state index contributed by atoms with van der Waals surface area (Å²) in [5, 5.41) is 0. The van der Waals surface area contributed by atoms with Gasteiger partial charge in [-0.25, -0.2) is 4.39 Å². The van der Waals surface area contributed by atoms with Gasteiger partial charge in [0.15, 0.2) is 0 Å². The second kappa shape index (κ2) is 6.59. The molecular formula is C20H19FN2O. The van der Waals surface area contributed by atoms with Crippen molar-refractivity contribution in [2.45, 2.75) is 12.8 Å². The van der Waals surface area contributed by atoms with Crippen LogP contribution in [0.4, 0.5) is 4.39 Å². The summed E-state index contributed by atoms with van der Waals surface area (Å²) in [6.07, 6.45) is 3.75. The molecule has 1 atom stereocenters. The molecule has 1 fully saturated rings. The molecular weight excluding hydrogens is 303 g/mol. The lowest BCUT2D eigenvalue weighted by Crippen LogP contribution is -2.23. The molecule has 122 valence electrons. The van der Waals surface area contributed by atoms with Crippen molar-refractivity contribution in [2.24, 2.45) is 0 Å². The van der Waals surface area contributed by atoms with E-state index in [1.54, 1.807) is 12.1 Å². The molecule has 0 unspecified atom stereocenters. The van der Waals surface area contributed by atoms with Gasteiger partial charge in [0.2, 0.25) is 0 Å². The third kappa shape index (κ3) is 2.98. The summed E-state index contributed by atoms with van der Waals surface area (Å²) in [5.41, 5.74) is 2.87. The molecule has 0 amide bonds. The van der Waals surface area contributed by atoms with Crippen LogP contribution >= 0.6 is 0 Å². The fraction of sp³-hybridized carbons (Fsp3) is 0.200. The second-order valence-electron chi connectivity index (χ2n) is 5.98. The highest BCUT2D eigenvalue weighted by molar-refractivity contribution is 5.35. The normalized spacial score (nSPS) is 18.1. The summed E-state index contributed by atoms with van der Waals surface area (Å²) < 4.78 is 21.7. The molecule has 3 nitrogen and oxygen atoms in total. The third-order valence-electron chi connectivity index (χ3n) is 4.35. The summed E-state index contributed by atoms with van der Waals surface area (Å²) in [7, 11) is 0. The Morgan fingerprint density at radius 2 is 1.79 bits per heavy atom. The molecule has 1 aliphatic rings. The fourth-order valence-corrected chi connectivity index (χ4v) is 3.16. The standard InChI is InChI=1S/C20H19FN2O/c21-18-8-4-5-9-19(18)22-11-10-17(15-22)20-23(12-13-24-20)14-16-6-2-1-3-7-16/h1-11,15,20H,12-14H2/t20-/m1/s1. The van der Waals surface area contributed by atoms with Crippen molar-refractivity contribution in [3.63, 3.8) is 0 Å². The number of hydrogen-bond donors (Lipinski definition) is 0. The Bertz CT molecular complexity index is 815. The van der Waals surface area contributed by atoms with Gasteiger partial charge in [-0.15, -0.1) is 0 Å². The molecule has 0 spiro atoms. The first-order valence-corrected chi connectivity index (χ1v) is 8.13. The molecule has 0 N–H and O–H groups in total. The van der Waals surface area contributed by atoms with E-state index in [2.05, 4.69) is 29.2 Å². The van der Waals surface area contributed by atoms with E-state index in [0.717, 1.165) is 18.7 Å². The van der Waals surface area contributed by atoms with E-state index in [4.69, 9.17) is 4.74 Å². The Balaban J connectivity index is 1.56. The molecule has 3 aromatic rings. The quantitative estimate of drug-likeness (QED) is 0.718. The summed E-state index contributed by atoms with van der Waals surface area (Å²) in [4.78, 5) is 2.30. The van der Waals surface area contributed by atoms with E-state index in [9.17, 15) is 4.39 Å². The van der Waals surface area contributed by atoms with E-state index < -0.39 is 0 Å². The zero-order chi connectivity index (χ0) is 16.4. The summed E-state index contributed by atoms with van der Waals surface area (Å²) >= 11 is 0. The molecule has 24 heavy (non-hydrogen) atoms. The maximum Gasteiger partial charge on any atom is 0.147 e. The molecule has 1 saturated heterocycles. The molecule has 1 aromatic heterocycles. The Labute approximate surface area is 140 Å². The summed E-state index contributed by atoms with van der Waals surface area (Å²) in [6, 6.07) is 19.2. The van der Waals surface area contributed by atoms with Crippen LogP contribution in [0.2, 0.25) is 0 Å². The van der Waals surface area contributed by atoms with Crippen LogP contribution in [0.25, 0.3) is 5.69 Å². The van der Waals surface area contributed by atoms with E-state index in [-0.39, 0.29) is 12.0 Å². The van der Waals surface area contributed by atoms with Crippen molar-refractivity contribution in [3.05, 3.63) is 90.0 Å². The van der Waals surface area contributed by atoms with Crippen LogP contribution in [0, 0.1) is 5.82 Å². The van der Waals surface area contributed by atoms with Gasteiger partial charge in [0.05, 0.1) is 12.3 Å². The SMILES string of the molecule is Fc1ccccc1-n1ccc([C@H]2OCCN2Cc2ccccc2)c1. The van der Waals surface area contributed by atoms with Gasteiger partial charge in [-0.2, -0.15) is 0 Å². The first-order valence-electron chi connectivity index (χ1n) is 8.13. The first kappa shape index (κ1) is 15.1. The molecule has 2 heterocycles. The molecule has 0 aliphatic carbocycles. The topological polar surface area (TPSA) is 17.4 Å². The predicted molar refractivity (Wildman–Crippen MR) is 91.3 cm³/mol. The smallest absolute Gasteiger partial charge is 0.147 e. The molecule has 2 aromatic carbocycles. The third-order valence-corrected chi connectivity index (χ3v) is 4.35. The van der Waals surface area contributed by atoms with Gasteiger partial charge in [-0.1, -0.05) is 42.5 Å². The zero-order valence-electron chi connectivity index (χ0n) is 13.3. The predicted octanol–water partition coefficient (Wildman–Crippen LogP) is 4.15. The largest absolute Gasteiger partial charge is 0.357 e. The number of ether oxygens (including phenoxy) is 1. The van der Waals surface area contributed by atoms with Gasteiger partial charge in [0.25, 0.3) is 0 Å². The van der Waals surface area contributed by atoms with E-state index >= 15 is 0 Å². The Kier molecular flexibility index (Phi) is 4.15. The highest BCUT2D eigenvalue weighted by atomic mass is 19.1. The van der Waals surface area contributed by atoms with Gasteiger partial charge in [0, 0.05) is 31.0 Å². The van der Waals surface area contributed by atoms with Crippen LogP contribution in [0.3, 0.4) is 0 Å². The van der Waals surface area contributed by atoms with E-state index in [0.29, 0.717) is 12.3 Å². The minimum atomic E-state index is -0.229. The molecule has 0 saturated carbocycles. The monoisotopic (exact) mass is 322 g/mol. The number of rotatable bonds is 4. The lowest BCUT2D eigenvalue weighted by atomic mass is 10.2. The van der Waals surface area contributed by atoms with Crippen LogP contribution in [0.15, 0.2) is 73.1 Å². The molecule has 0 bridgehead atoms. The molecule has 4 heteroatoms. The lowest BCUT2D eigenvalue weighted by Gasteiger charge is -2.22. The highest BCUT2D eigenvalue weighted by Gasteiger charge is 2.27. The average Bonchev–Trinajstić information content (AvgIpc) is 3.25. The van der Waals surface area contributed by atoms with Crippen molar-refractivity contribution in [2.75, 3.05) is 13.2 Å². The van der Waals surface area contributed by atoms with Crippen LogP contribution in [0.1, 0.15) is 17.4 Å². The van der Waals surface area contributed by atoms with Crippen molar-refractivity contribution >= 4 is 0 Å². The van der Waals surface area contributed by atoms with E-state index in [1.807, 2.05) is 35.2 Å². The number of halogens is 1. The lowest BCUT2D eigenvalue weighted by molar-refractivity contribution is 0.0288. The fourth-order valence-electron chi connectivity index (χ4n) is 3.16. The Morgan fingerprint density at radius 3 is 2.62 bits per heavy atom. The van der Waals surface area contributed by atoms with Crippen molar-refractivity contribution in [1.82, 2.24) is 9.47 Å². The first-order chi connectivity index (χ1) is 11.8. The second-order valence-corrected chi connectivity index (χ2v) is 5.98. The highest BCUT2D eigenvalue weighted by Crippen LogP contribution is 2.29. The van der Waals surface area contributed by atoms with Crippen molar-refractivity contribution in [1.29, 1.82) is 0 Å². The number of hydrogen-bond acceptors (Lipinski definition) is 2. The van der Waals surface area contributed by atoms with Crippen LogP contribution in [-0.2, 0) is 11.3 Å². The van der Waals surface area contributed by atoms with Gasteiger partial charge in [-0.05, 0) is 23.8 Å². The van der Waals surface area contributed by atoms with Gasteiger partial charge in [0.1, 0.15) is 12.0 Å². The van der Waals surface area contributed by atoms with Gasteiger partial charge >= 0.3 is 0 Å². The van der Waals surface area contributed by atoms with Crippen LogP contribution in [-0.4, -0.2) is 22.6 Å². The molecule has 4 rings (SSSR count). The summed E-state index contributed by atoms with van der Waals surface area (Å²) in [6.45, 7) is 2.45. The number of nitrogens with zero attached hydrogens (tertiary/aromatic N) is 2. The number of para-hydroxylation sites is 1. The minimum Gasteiger partial charge on any atom is -0.357 e. The number of benzene rings is 2. The Morgan fingerprint density at radius 1 is 1.00 bits per heavy atom. The molecule has 0 radical (unpaired) electrons. The van der Waals surface area contributed by atoms with Crippen molar-refractivity contribution < 1.29 is 9.13 Å². The minimum absolute atomic E-state index is 0.0850. The average molecular weight is 322 g/mol. The number of aromatic nitrogens is 1. The zero-order valence-corrected chi connectivity index (χ0v) is 13.3. The van der Waals surface area contributed by atoms with E-state index in [1.165, 1.54) is 11.6 Å². The van der Waals surface area contributed by atoms with Crippen LogP contribution < -0.4 is 0 Å². The summed E-state index contributed by atoms with van der Waals surface area (Å²) in [5.74, 6) is -0.229. The van der Waals surface area contributed by atoms with Gasteiger partial charge in [-0.3, -0.25) is 4.90 Å². The van der Waals surface area contributed by atoms with Crippen LogP contribution in [0.5, 0.6) is 0 Å². The van der Waals surface area contributed by atoms with Gasteiger partial charge < -0.3 is 9.30 Å². The molecule has 1 aliphatic heterocycles. The maximum absolute atomic E-state index is 14.0.